The molecular weight excluding hydrogens is 314 g/mol. The van der Waals surface area contributed by atoms with E-state index in [1.165, 1.54) is 25.7 Å². The highest BCUT2D eigenvalue weighted by atomic mass is 79.9. The van der Waals surface area contributed by atoms with Gasteiger partial charge in [0.05, 0.1) is 5.56 Å². The summed E-state index contributed by atoms with van der Waals surface area (Å²) in [7, 11) is 2.28. The van der Waals surface area contributed by atoms with Crippen molar-refractivity contribution < 1.29 is 0 Å². The van der Waals surface area contributed by atoms with Gasteiger partial charge in [-0.25, -0.2) is 0 Å². The van der Waals surface area contributed by atoms with Crippen LogP contribution in [0.2, 0.25) is 0 Å². The van der Waals surface area contributed by atoms with Gasteiger partial charge >= 0.3 is 0 Å². The molecule has 2 unspecified atom stereocenters. The Kier molecular flexibility index (Phi) is 4.00. The molecule has 2 aliphatic heterocycles. The average Bonchev–Trinajstić information content (AvgIpc) is 2.66. The Balaban J connectivity index is 1.58. The molecule has 0 spiro atoms. The lowest BCUT2D eigenvalue weighted by Gasteiger charge is -2.36. The van der Waals surface area contributed by atoms with Crippen molar-refractivity contribution >= 4 is 21.6 Å². The fraction of sp³-hybridized carbons (Fsp3) is 0.562. The first kappa shape index (κ1) is 13.9. The number of nitrogens with one attached hydrogen (secondary N) is 1. The minimum absolute atomic E-state index is 0.688. The molecule has 1 aromatic carbocycles. The number of nitriles is 1. The maximum Gasteiger partial charge on any atom is 0.100 e. The molecule has 3 nitrogen and oxygen atoms in total. The zero-order valence-electron chi connectivity index (χ0n) is 11.8. The second kappa shape index (κ2) is 5.75. The van der Waals surface area contributed by atoms with Crippen LogP contribution in [0.4, 0.5) is 5.69 Å². The number of hydrogen-bond acceptors (Lipinski definition) is 3. The maximum atomic E-state index is 8.93. The van der Waals surface area contributed by atoms with Crippen LogP contribution in [0.3, 0.4) is 0 Å². The van der Waals surface area contributed by atoms with Crippen molar-refractivity contribution in [3.05, 3.63) is 28.2 Å². The quantitative estimate of drug-likeness (QED) is 0.918. The second-order valence-corrected chi connectivity index (χ2v) is 6.93. The lowest BCUT2D eigenvalue weighted by molar-refractivity contribution is 0.139. The van der Waals surface area contributed by atoms with Crippen molar-refractivity contribution in [3.8, 4) is 6.07 Å². The third-order valence-corrected chi connectivity index (χ3v) is 5.54. The number of hydrogen-bond donors (Lipinski definition) is 1. The van der Waals surface area contributed by atoms with E-state index >= 15 is 0 Å². The van der Waals surface area contributed by atoms with Crippen LogP contribution in [0.15, 0.2) is 22.7 Å². The number of nitrogens with zero attached hydrogens (tertiary/aromatic N) is 2. The van der Waals surface area contributed by atoms with Crippen molar-refractivity contribution in [1.29, 1.82) is 5.26 Å². The van der Waals surface area contributed by atoms with Crippen molar-refractivity contribution in [3.63, 3.8) is 0 Å². The summed E-state index contributed by atoms with van der Waals surface area (Å²) in [6, 6.07) is 9.63. The first-order chi connectivity index (χ1) is 9.67. The predicted octanol–water partition coefficient (Wildman–Crippen LogP) is 3.61. The zero-order valence-corrected chi connectivity index (χ0v) is 13.4. The molecule has 1 N–H and O–H groups in total. The van der Waals surface area contributed by atoms with Crippen LogP contribution in [0.25, 0.3) is 0 Å². The lowest BCUT2D eigenvalue weighted by Crippen LogP contribution is -2.41. The van der Waals surface area contributed by atoms with E-state index in [9.17, 15) is 0 Å². The molecule has 2 fully saturated rings. The molecule has 3 rings (SSSR count). The summed E-state index contributed by atoms with van der Waals surface area (Å²) < 4.78 is 0.869. The second-order valence-electron chi connectivity index (χ2n) is 6.08. The summed E-state index contributed by atoms with van der Waals surface area (Å²) in [5.41, 5.74) is 1.79. The summed E-state index contributed by atoms with van der Waals surface area (Å²) in [6.07, 6.45) is 5.38. The minimum atomic E-state index is 0.688. The molecule has 2 bridgehead atoms. The molecular formula is C16H20BrN3. The number of rotatable bonds is 3. The van der Waals surface area contributed by atoms with E-state index in [-0.39, 0.29) is 0 Å². The van der Waals surface area contributed by atoms with E-state index in [0.29, 0.717) is 5.56 Å². The largest absolute Gasteiger partial charge is 0.385 e. The van der Waals surface area contributed by atoms with Gasteiger partial charge in [0.1, 0.15) is 6.07 Å². The Hall–Kier alpha value is -1.05. The van der Waals surface area contributed by atoms with Gasteiger partial charge in [-0.05, 0) is 72.8 Å². The van der Waals surface area contributed by atoms with Gasteiger partial charge in [-0.2, -0.15) is 5.26 Å². The van der Waals surface area contributed by atoms with E-state index < -0.39 is 0 Å². The fourth-order valence-electron chi connectivity index (χ4n) is 3.67. The Morgan fingerprint density at radius 1 is 1.35 bits per heavy atom. The van der Waals surface area contributed by atoms with E-state index in [1.54, 1.807) is 0 Å². The zero-order chi connectivity index (χ0) is 14.1. The van der Waals surface area contributed by atoms with Gasteiger partial charge in [-0.15, -0.1) is 0 Å². The van der Waals surface area contributed by atoms with E-state index in [0.717, 1.165) is 34.7 Å². The third kappa shape index (κ3) is 2.70. The first-order valence-electron chi connectivity index (χ1n) is 7.33. The summed E-state index contributed by atoms with van der Waals surface area (Å²) in [6.45, 7) is 1.04. The lowest BCUT2D eigenvalue weighted by atomic mass is 9.91. The van der Waals surface area contributed by atoms with Crippen LogP contribution in [0.1, 0.15) is 31.2 Å². The van der Waals surface area contributed by atoms with Gasteiger partial charge in [-0.1, -0.05) is 0 Å². The SMILES string of the molecule is CN1C2CCC1CC(CNc1ccc(C#N)c(Br)c1)C2. The van der Waals surface area contributed by atoms with Crippen LogP contribution in [-0.2, 0) is 0 Å². The highest BCUT2D eigenvalue weighted by Gasteiger charge is 2.37. The molecule has 0 aromatic heterocycles. The summed E-state index contributed by atoms with van der Waals surface area (Å²) in [4.78, 5) is 2.58. The predicted molar refractivity (Wildman–Crippen MR) is 84.6 cm³/mol. The molecule has 106 valence electrons. The molecule has 20 heavy (non-hydrogen) atoms. The molecule has 0 aliphatic carbocycles. The molecule has 1 aromatic rings. The highest BCUT2D eigenvalue weighted by Crippen LogP contribution is 2.37. The van der Waals surface area contributed by atoms with Gasteiger partial charge in [0.15, 0.2) is 0 Å². The molecule has 2 atom stereocenters. The molecule has 4 heteroatoms. The Morgan fingerprint density at radius 2 is 2.05 bits per heavy atom. The molecule has 0 radical (unpaired) electrons. The number of halogens is 1. The number of fused-ring (bicyclic) bond motifs is 2. The standard InChI is InChI=1S/C16H20BrN3/c1-20-14-4-5-15(20)7-11(6-14)10-19-13-3-2-12(9-18)16(17)8-13/h2-3,8,11,14-15,19H,4-7,10H2,1H3. The van der Waals surface area contributed by atoms with E-state index in [2.05, 4.69) is 39.3 Å². The summed E-state index contributed by atoms with van der Waals surface area (Å²) in [5, 5.41) is 12.5. The Bertz CT molecular complexity index is 523. The van der Waals surface area contributed by atoms with Crippen LogP contribution in [0, 0.1) is 17.2 Å². The Labute approximate surface area is 129 Å². The first-order valence-corrected chi connectivity index (χ1v) is 8.12. The van der Waals surface area contributed by atoms with Crippen molar-refractivity contribution in [2.45, 2.75) is 37.8 Å². The van der Waals surface area contributed by atoms with Crippen molar-refractivity contribution in [2.24, 2.45) is 5.92 Å². The van der Waals surface area contributed by atoms with Crippen LogP contribution < -0.4 is 5.32 Å². The minimum Gasteiger partial charge on any atom is -0.385 e. The van der Waals surface area contributed by atoms with Crippen LogP contribution in [-0.4, -0.2) is 30.6 Å². The molecule has 0 amide bonds. The van der Waals surface area contributed by atoms with Gasteiger partial charge in [0, 0.05) is 28.8 Å². The maximum absolute atomic E-state index is 8.93. The van der Waals surface area contributed by atoms with Gasteiger partial charge in [-0.3, -0.25) is 0 Å². The van der Waals surface area contributed by atoms with Crippen LogP contribution in [0.5, 0.6) is 0 Å². The molecule has 2 aliphatic rings. The summed E-state index contributed by atoms with van der Waals surface area (Å²) >= 11 is 3.44. The smallest absolute Gasteiger partial charge is 0.100 e. The van der Waals surface area contributed by atoms with Crippen molar-refractivity contribution in [2.75, 3.05) is 18.9 Å². The topological polar surface area (TPSA) is 39.1 Å². The number of benzene rings is 1. The molecule has 2 heterocycles. The monoisotopic (exact) mass is 333 g/mol. The van der Waals surface area contributed by atoms with Gasteiger partial charge < -0.3 is 10.2 Å². The molecule has 2 saturated heterocycles. The third-order valence-electron chi connectivity index (χ3n) is 4.88. The van der Waals surface area contributed by atoms with Gasteiger partial charge in [0.25, 0.3) is 0 Å². The van der Waals surface area contributed by atoms with E-state index in [1.807, 2.05) is 18.2 Å². The number of piperidine rings is 1. The molecule has 0 saturated carbocycles. The van der Waals surface area contributed by atoms with Crippen molar-refractivity contribution in [1.82, 2.24) is 4.90 Å². The normalized spacial score (nSPS) is 29.1. The van der Waals surface area contributed by atoms with E-state index in [4.69, 9.17) is 5.26 Å². The van der Waals surface area contributed by atoms with Crippen LogP contribution >= 0.6 is 15.9 Å². The fourth-order valence-corrected chi connectivity index (χ4v) is 4.14. The number of anilines is 1. The highest BCUT2D eigenvalue weighted by molar-refractivity contribution is 9.10. The van der Waals surface area contributed by atoms with Gasteiger partial charge in [0.2, 0.25) is 0 Å². The summed E-state index contributed by atoms with van der Waals surface area (Å²) in [5.74, 6) is 0.776. The Morgan fingerprint density at radius 3 is 2.65 bits per heavy atom. The average molecular weight is 334 g/mol.